The summed E-state index contributed by atoms with van der Waals surface area (Å²) in [4.78, 5) is 16.7. The Hall–Kier alpha value is -2.58. The second kappa shape index (κ2) is 8.28. The Labute approximate surface area is 189 Å². The summed E-state index contributed by atoms with van der Waals surface area (Å²) in [5.74, 6) is 1.30. The van der Waals surface area contributed by atoms with Crippen LogP contribution in [0.2, 0.25) is 0 Å². The van der Waals surface area contributed by atoms with Gasteiger partial charge in [0.15, 0.2) is 16.6 Å². The second-order valence-electron chi connectivity index (χ2n) is 7.27. The lowest BCUT2D eigenvalue weighted by Gasteiger charge is -2.39. The average Bonchev–Trinajstić information content (AvgIpc) is 2.73. The molecule has 1 atom stereocenters. The number of rotatable bonds is 3. The summed E-state index contributed by atoms with van der Waals surface area (Å²) in [6.07, 6.45) is 0. The molecular formula is C22H22BrN3O3S. The zero-order valence-electron chi connectivity index (χ0n) is 16.9. The van der Waals surface area contributed by atoms with E-state index in [0.29, 0.717) is 35.4 Å². The van der Waals surface area contributed by atoms with Crippen LogP contribution in [-0.2, 0) is 4.79 Å². The van der Waals surface area contributed by atoms with Crippen molar-refractivity contribution in [1.82, 2.24) is 10.2 Å². The Morgan fingerprint density at radius 1 is 1.17 bits per heavy atom. The number of hydrogen-bond acceptors (Lipinski definition) is 4. The molecule has 0 saturated heterocycles. The van der Waals surface area contributed by atoms with Crippen LogP contribution in [0.5, 0.6) is 11.5 Å². The van der Waals surface area contributed by atoms with E-state index in [1.54, 1.807) is 19.0 Å². The normalized spacial score (nSPS) is 18.2. The van der Waals surface area contributed by atoms with Gasteiger partial charge in [-0.3, -0.25) is 9.69 Å². The summed E-state index contributed by atoms with van der Waals surface area (Å²) in [5, 5.41) is 3.88. The maximum Gasteiger partial charge on any atom is 0.253 e. The molecular weight excluding hydrogens is 466 g/mol. The van der Waals surface area contributed by atoms with Gasteiger partial charge in [-0.25, -0.2) is 0 Å². The maximum absolute atomic E-state index is 13.2. The van der Waals surface area contributed by atoms with Crippen molar-refractivity contribution >= 4 is 44.9 Å². The van der Waals surface area contributed by atoms with Gasteiger partial charge >= 0.3 is 0 Å². The molecule has 0 saturated carbocycles. The Morgan fingerprint density at radius 3 is 2.57 bits per heavy atom. The van der Waals surface area contributed by atoms with Crippen molar-refractivity contribution in [1.29, 1.82) is 0 Å². The zero-order chi connectivity index (χ0) is 21.4. The predicted octanol–water partition coefficient (Wildman–Crippen LogP) is 4.02. The lowest BCUT2D eigenvalue weighted by Crippen LogP contribution is -2.49. The molecule has 8 heteroatoms. The number of amides is 1. The number of carbonyl (C=O) groups excluding carboxylic acids is 1. The third kappa shape index (κ3) is 3.65. The zero-order valence-corrected chi connectivity index (χ0v) is 19.3. The van der Waals surface area contributed by atoms with Crippen molar-refractivity contribution in [2.24, 2.45) is 0 Å². The number of hydrogen-bond donors (Lipinski definition) is 1. The van der Waals surface area contributed by atoms with E-state index in [9.17, 15) is 4.79 Å². The number of carbonyl (C=O) groups is 1. The first-order valence-electron chi connectivity index (χ1n) is 9.55. The summed E-state index contributed by atoms with van der Waals surface area (Å²) in [6.45, 7) is 2.96. The fourth-order valence-electron chi connectivity index (χ4n) is 3.69. The summed E-state index contributed by atoms with van der Waals surface area (Å²) in [7, 11) is 3.50. The fourth-order valence-corrected chi connectivity index (χ4v) is 4.56. The van der Waals surface area contributed by atoms with Gasteiger partial charge in [0.2, 0.25) is 0 Å². The van der Waals surface area contributed by atoms with E-state index in [4.69, 9.17) is 21.7 Å². The first kappa shape index (κ1) is 20.7. The lowest BCUT2D eigenvalue weighted by atomic mass is 9.93. The molecule has 2 aliphatic heterocycles. The SMILES string of the molecule is CC1=C(C(=O)N(C)C)[C@@H](c2ccccc2Br)NC(=S)N1c1ccc2c(c1)OCCO2. The van der Waals surface area contributed by atoms with E-state index < -0.39 is 0 Å². The second-order valence-corrected chi connectivity index (χ2v) is 8.51. The van der Waals surface area contributed by atoms with Crippen LogP contribution in [0.25, 0.3) is 0 Å². The highest BCUT2D eigenvalue weighted by Gasteiger charge is 2.36. The minimum Gasteiger partial charge on any atom is -0.486 e. The van der Waals surface area contributed by atoms with E-state index in [0.717, 1.165) is 21.4 Å². The van der Waals surface area contributed by atoms with Gasteiger partial charge in [-0.2, -0.15) is 0 Å². The Kier molecular flexibility index (Phi) is 5.71. The highest BCUT2D eigenvalue weighted by Crippen LogP contribution is 2.40. The van der Waals surface area contributed by atoms with E-state index >= 15 is 0 Å². The molecule has 0 radical (unpaired) electrons. The number of anilines is 1. The molecule has 0 aromatic heterocycles. The van der Waals surface area contributed by atoms with Gasteiger partial charge in [0, 0.05) is 30.3 Å². The summed E-state index contributed by atoms with van der Waals surface area (Å²) >= 11 is 9.35. The van der Waals surface area contributed by atoms with Crippen LogP contribution in [0.1, 0.15) is 18.5 Å². The summed E-state index contributed by atoms with van der Waals surface area (Å²) in [6, 6.07) is 13.2. The number of thiocarbonyl (C=S) groups is 1. The number of benzene rings is 2. The molecule has 0 aliphatic carbocycles. The van der Waals surface area contributed by atoms with Gasteiger partial charge < -0.3 is 19.7 Å². The van der Waals surface area contributed by atoms with E-state index in [1.165, 1.54) is 0 Å². The molecule has 156 valence electrons. The third-order valence-electron chi connectivity index (χ3n) is 5.12. The number of ether oxygens (including phenoxy) is 2. The number of allylic oxidation sites excluding steroid dienone is 1. The molecule has 30 heavy (non-hydrogen) atoms. The summed E-state index contributed by atoms with van der Waals surface area (Å²) < 4.78 is 12.3. The monoisotopic (exact) mass is 487 g/mol. The van der Waals surface area contributed by atoms with Gasteiger partial charge in [-0.15, -0.1) is 0 Å². The number of fused-ring (bicyclic) bond motifs is 1. The third-order valence-corrected chi connectivity index (χ3v) is 6.14. The smallest absolute Gasteiger partial charge is 0.253 e. The Morgan fingerprint density at radius 2 is 1.87 bits per heavy atom. The number of nitrogens with zero attached hydrogens (tertiary/aromatic N) is 2. The molecule has 4 rings (SSSR count). The van der Waals surface area contributed by atoms with Gasteiger partial charge in [-0.05, 0) is 42.9 Å². The van der Waals surface area contributed by atoms with Crippen LogP contribution in [0, 0.1) is 0 Å². The fraction of sp³-hybridized carbons (Fsp3) is 0.273. The van der Waals surface area contributed by atoms with E-state index in [2.05, 4.69) is 21.2 Å². The van der Waals surface area contributed by atoms with Gasteiger partial charge in [0.05, 0.1) is 17.3 Å². The molecule has 0 spiro atoms. The average molecular weight is 488 g/mol. The highest BCUT2D eigenvalue weighted by atomic mass is 79.9. The van der Waals surface area contributed by atoms with Crippen LogP contribution in [0.15, 0.2) is 58.2 Å². The first-order valence-corrected chi connectivity index (χ1v) is 10.8. The molecule has 0 fully saturated rings. The first-order chi connectivity index (χ1) is 14.4. The van der Waals surface area contributed by atoms with Crippen molar-refractivity contribution < 1.29 is 14.3 Å². The highest BCUT2D eigenvalue weighted by molar-refractivity contribution is 9.10. The van der Waals surface area contributed by atoms with Crippen LogP contribution < -0.4 is 19.7 Å². The van der Waals surface area contributed by atoms with Gasteiger partial charge in [0.25, 0.3) is 5.91 Å². The standard InChI is InChI=1S/C22H22BrN3O3S/c1-13-19(21(27)25(2)3)20(15-6-4-5-7-16(15)23)24-22(30)26(13)14-8-9-17-18(12-14)29-11-10-28-17/h4-9,12,20H,10-11H2,1-3H3,(H,24,30)/t20-/m1/s1. The minimum absolute atomic E-state index is 0.0780. The molecule has 1 N–H and O–H groups in total. The Balaban J connectivity index is 1.84. The molecule has 6 nitrogen and oxygen atoms in total. The van der Waals surface area contributed by atoms with E-state index in [1.807, 2.05) is 54.3 Å². The van der Waals surface area contributed by atoms with Gasteiger partial charge in [-0.1, -0.05) is 34.1 Å². The van der Waals surface area contributed by atoms with E-state index in [-0.39, 0.29) is 11.9 Å². The number of halogens is 1. The molecule has 1 amide bonds. The molecule has 2 aromatic carbocycles. The van der Waals surface area contributed by atoms with Crippen molar-refractivity contribution in [2.75, 3.05) is 32.2 Å². The Bertz CT molecular complexity index is 1050. The van der Waals surface area contributed by atoms with Crippen molar-refractivity contribution in [3.05, 3.63) is 63.8 Å². The molecule has 2 heterocycles. The van der Waals surface area contributed by atoms with Crippen molar-refractivity contribution in [2.45, 2.75) is 13.0 Å². The number of nitrogens with one attached hydrogen (secondary N) is 1. The maximum atomic E-state index is 13.2. The largest absolute Gasteiger partial charge is 0.486 e. The molecule has 0 bridgehead atoms. The number of likely N-dealkylation sites (N-methyl/N-ethyl adjacent to an activating group) is 1. The van der Waals surface area contributed by atoms with Crippen molar-refractivity contribution in [3.8, 4) is 11.5 Å². The topological polar surface area (TPSA) is 54.0 Å². The summed E-state index contributed by atoms with van der Waals surface area (Å²) in [5.41, 5.74) is 3.17. The van der Waals surface area contributed by atoms with Gasteiger partial charge in [0.1, 0.15) is 13.2 Å². The van der Waals surface area contributed by atoms with Crippen molar-refractivity contribution in [3.63, 3.8) is 0 Å². The lowest BCUT2D eigenvalue weighted by molar-refractivity contribution is -0.125. The quantitative estimate of drug-likeness (QED) is 0.659. The predicted molar refractivity (Wildman–Crippen MR) is 124 cm³/mol. The van der Waals surface area contributed by atoms with Crippen LogP contribution >= 0.6 is 28.1 Å². The molecule has 2 aromatic rings. The van der Waals surface area contributed by atoms with Crippen LogP contribution in [0.3, 0.4) is 0 Å². The van der Waals surface area contributed by atoms with Crippen LogP contribution in [-0.4, -0.2) is 43.2 Å². The van der Waals surface area contributed by atoms with Crippen LogP contribution in [0.4, 0.5) is 5.69 Å². The molecule has 0 unspecified atom stereocenters. The minimum atomic E-state index is -0.364. The molecule has 2 aliphatic rings.